The summed E-state index contributed by atoms with van der Waals surface area (Å²) in [6.07, 6.45) is 0. The number of likely N-dealkylation sites (N-methyl/N-ethyl adjacent to an activating group) is 1. The summed E-state index contributed by atoms with van der Waals surface area (Å²) in [4.78, 5) is 11.2. The summed E-state index contributed by atoms with van der Waals surface area (Å²) >= 11 is 0. The normalized spacial score (nSPS) is 11.9. The van der Waals surface area contributed by atoms with Gasteiger partial charge in [-0.05, 0) is 25.1 Å². The second kappa shape index (κ2) is 4.63. The number of nitrogens with two attached hydrogens (primary N) is 1. The standard InChI is InChI=1S/C10H14FN3O/c1-6(10(15)13-2)14-9-4-7(11)3-8(12)5-9/h3-6,14H,12H2,1-2H3,(H,13,15). The molecule has 82 valence electrons. The van der Waals surface area contributed by atoms with Crippen molar-refractivity contribution in [2.45, 2.75) is 13.0 Å². The zero-order valence-corrected chi connectivity index (χ0v) is 8.67. The molecule has 0 aliphatic carbocycles. The number of anilines is 2. The van der Waals surface area contributed by atoms with Crippen molar-refractivity contribution in [2.75, 3.05) is 18.1 Å². The molecule has 0 aromatic heterocycles. The van der Waals surface area contributed by atoms with E-state index < -0.39 is 11.9 Å². The van der Waals surface area contributed by atoms with Crippen LogP contribution in [0.2, 0.25) is 0 Å². The highest BCUT2D eigenvalue weighted by molar-refractivity contribution is 5.84. The molecule has 4 N–H and O–H groups in total. The lowest BCUT2D eigenvalue weighted by atomic mass is 10.2. The van der Waals surface area contributed by atoms with E-state index in [0.29, 0.717) is 11.4 Å². The quantitative estimate of drug-likeness (QED) is 0.652. The number of carbonyl (C=O) groups excluding carboxylic acids is 1. The number of nitrogens with one attached hydrogen (secondary N) is 2. The number of benzene rings is 1. The fourth-order valence-corrected chi connectivity index (χ4v) is 1.23. The number of amides is 1. The third-order valence-corrected chi connectivity index (χ3v) is 1.94. The van der Waals surface area contributed by atoms with Crippen LogP contribution in [0.3, 0.4) is 0 Å². The lowest BCUT2D eigenvalue weighted by molar-refractivity contribution is -0.121. The third-order valence-electron chi connectivity index (χ3n) is 1.94. The van der Waals surface area contributed by atoms with Gasteiger partial charge in [-0.25, -0.2) is 4.39 Å². The Hall–Kier alpha value is -1.78. The Balaban J connectivity index is 2.76. The van der Waals surface area contributed by atoms with Crippen molar-refractivity contribution < 1.29 is 9.18 Å². The maximum Gasteiger partial charge on any atom is 0.241 e. The van der Waals surface area contributed by atoms with E-state index in [1.807, 2.05) is 0 Å². The molecule has 1 rings (SSSR count). The predicted molar refractivity (Wildman–Crippen MR) is 58.0 cm³/mol. The molecule has 0 aliphatic heterocycles. The van der Waals surface area contributed by atoms with Crippen molar-refractivity contribution in [3.63, 3.8) is 0 Å². The fraction of sp³-hybridized carbons (Fsp3) is 0.300. The maximum atomic E-state index is 12.9. The number of nitrogen functional groups attached to an aromatic ring is 1. The molecule has 5 heteroatoms. The fourth-order valence-electron chi connectivity index (χ4n) is 1.23. The SMILES string of the molecule is CNC(=O)C(C)Nc1cc(N)cc(F)c1. The molecule has 0 spiro atoms. The Morgan fingerprint density at radius 3 is 2.67 bits per heavy atom. The lowest BCUT2D eigenvalue weighted by Crippen LogP contribution is -2.35. The first-order chi connectivity index (χ1) is 7.02. The van der Waals surface area contributed by atoms with E-state index in [2.05, 4.69) is 10.6 Å². The number of halogens is 1. The van der Waals surface area contributed by atoms with E-state index >= 15 is 0 Å². The molecule has 1 aromatic rings. The Kier molecular flexibility index (Phi) is 3.49. The zero-order valence-electron chi connectivity index (χ0n) is 8.67. The van der Waals surface area contributed by atoms with Crippen LogP contribution >= 0.6 is 0 Å². The lowest BCUT2D eigenvalue weighted by Gasteiger charge is -2.13. The number of rotatable bonds is 3. The van der Waals surface area contributed by atoms with Gasteiger partial charge < -0.3 is 16.4 Å². The van der Waals surface area contributed by atoms with E-state index in [-0.39, 0.29) is 5.91 Å². The minimum atomic E-state index is -0.434. The summed E-state index contributed by atoms with van der Waals surface area (Å²) in [5.41, 5.74) is 6.27. The monoisotopic (exact) mass is 211 g/mol. The molecular formula is C10H14FN3O. The highest BCUT2D eigenvalue weighted by atomic mass is 19.1. The van der Waals surface area contributed by atoms with Gasteiger partial charge in [0.05, 0.1) is 0 Å². The minimum Gasteiger partial charge on any atom is -0.399 e. The molecule has 0 saturated heterocycles. The Morgan fingerprint density at radius 2 is 2.13 bits per heavy atom. The van der Waals surface area contributed by atoms with E-state index in [1.165, 1.54) is 12.1 Å². The van der Waals surface area contributed by atoms with Crippen LogP contribution in [-0.4, -0.2) is 19.0 Å². The van der Waals surface area contributed by atoms with Crippen molar-refractivity contribution in [1.82, 2.24) is 5.32 Å². The smallest absolute Gasteiger partial charge is 0.241 e. The molecule has 4 nitrogen and oxygen atoms in total. The number of carbonyl (C=O) groups is 1. The summed E-state index contributed by atoms with van der Waals surface area (Å²) in [6, 6.07) is 3.64. The summed E-state index contributed by atoms with van der Waals surface area (Å²) in [5, 5.41) is 5.33. The maximum absolute atomic E-state index is 12.9. The van der Waals surface area contributed by atoms with Gasteiger partial charge in [-0.2, -0.15) is 0 Å². The first-order valence-corrected chi connectivity index (χ1v) is 4.57. The largest absolute Gasteiger partial charge is 0.399 e. The van der Waals surface area contributed by atoms with Crippen molar-refractivity contribution in [3.05, 3.63) is 24.0 Å². The van der Waals surface area contributed by atoms with Gasteiger partial charge >= 0.3 is 0 Å². The van der Waals surface area contributed by atoms with Gasteiger partial charge in [0.2, 0.25) is 5.91 Å². The average molecular weight is 211 g/mol. The summed E-state index contributed by atoms with van der Waals surface area (Å²) in [5.74, 6) is -0.598. The molecule has 1 aromatic carbocycles. The number of hydrogen-bond donors (Lipinski definition) is 3. The average Bonchev–Trinajstić information content (AvgIpc) is 2.14. The van der Waals surface area contributed by atoms with Gasteiger partial charge in [-0.3, -0.25) is 4.79 Å². The van der Waals surface area contributed by atoms with Crippen molar-refractivity contribution in [1.29, 1.82) is 0 Å². The molecule has 0 aliphatic rings. The van der Waals surface area contributed by atoms with Crippen molar-refractivity contribution >= 4 is 17.3 Å². The van der Waals surface area contributed by atoms with Gasteiger partial charge in [0, 0.05) is 18.4 Å². The molecule has 15 heavy (non-hydrogen) atoms. The van der Waals surface area contributed by atoms with Crippen LogP contribution in [0.4, 0.5) is 15.8 Å². The van der Waals surface area contributed by atoms with Crippen molar-refractivity contribution in [2.24, 2.45) is 0 Å². The van der Waals surface area contributed by atoms with Crippen molar-refractivity contribution in [3.8, 4) is 0 Å². The highest BCUT2D eigenvalue weighted by Gasteiger charge is 2.10. The molecule has 1 atom stereocenters. The predicted octanol–water partition coefficient (Wildman–Crippen LogP) is 0.954. The van der Waals surface area contributed by atoms with E-state index in [1.54, 1.807) is 20.0 Å². The van der Waals surface area contributed by atoms with Crippen LogP contribution in [0.1, 0.15) is 6.92 Å². The van der Waals surface area contributed by atoms with Crippen LogP contribution in [0.15, 0.2) is 18.2 Å². The summed E-state index contributed by atoms with van der Waals surface area (Å²) in [6.45, 7) is 1.68. The topological polar surface area (TPSA) is 67.2 Å². The van der Waals surface area contributed by atoms with Crippen LogP contribution in [-0.2, 0) is 4.79 Å². The van der Waals surface area contributed by atoms with E-state index in [4.69, 9.17) is 5.73 Å². The van der Waals surface area contributed by atoms with Gasteiger partial charge in [0.25, 0.3) is 0 Å². The molecule has 0 fully saturated rings. The minimum absolute atomic E-state index is 0.169. The van der Waals surface area contributed by atoms with Gasteiger partial charge in [-0.1, -0.05) is 0 Å². The Bertz CT molecular complexity index is 347. The van der Waals surface area contributed by atoms with Gasteiger partial charge in [0.1, 0.15) is 11.9 Å². The third kappa shape index (κ3) is 3.12. The first kappa shape index (κ1) is 11.3. The molecule has 0 radical (unpaired) electrons. The Labute approximate surface area is 87.7 Å². The first-order valence-electron chi connectivity index (χ1n) is 4.57. The van der Waals surface area contributed by atoms with E-state index in [9.17, 15) is 9.18 Å². The molecular weight excluding hydrogens is 197 g/mol. The molecule has 0 saturated carbocycles. The Morgan fingerprint density at radius 1 is 1.47 bits per heavy atom. The summed E-state index contributed by atoms with van der Waals surface area (Å²) in [7, 11) is 1.54. The van der Waals surface area contributed by atoms with Gasteiger partial charge in [0.15, 0.2) is 0 Å². The van der Waals surface area contributed by atoms with Crippen LogP contribution < -0.4 is 16.4 Å². The molecule has 0 bridgehead atoms. The zero-order chi connectivity index (χ0) is 11.4. The van der Waals surface area contributed by atoms with Crippen LogP contribution in [0.5, 0.6) is 0 Å². The summed E-state index contributed by atoms with van der Waals surface area (Å²) < 4.78 is 12.9. The van der Waals surface area contributed by atoms with E-state index in [0.717, 1.165) is 0 Å². The second-order valence-corrected chi connectivity index (χ2v) is 3.25. The highest BCUT2D eigenvalue weighted by Crippen LogP contribution is 2.16. The van der Waals surface area contributed by atoms with Crippen LogP contribution in [0.25, 0.3) is 0 Å². The number of hydrogen-bond acceptors (Lipinski definition) is 3. The molecule has 0 heterocycles. The second-order valence-electron chi connectivity index (χ2n) is 3.25. The van der Waals surface area contributed by atoms with Gasteiger partial charge in [-0.15, -0.1) is 0 Å². The molecule has 1 unspecified atom stereocenters. The molecule has 1 amide bonds. The van der Waals surface area contributed by atoms with Crippen LogP contribution in [0, 0.1) is 5.82 Å².